The number of ketones is 1. The van der Waals surface area contributed by atoms with Gasteiger partial charge in [-0.25, -0.2) is 4.98 Å². The number of rotatable bonds is 8. The molecule has 33 heavy (non-hydrogen) atoms. The SMILES string of the molecule is C.COc1c(Nc2cc(NC(=O)C3CC3)ncc2C(=O)C2CC2)cccc1-c1nnn(C)n1. The van der Waals surface area contributed by atoms with Crippen molar-refractivity contribution in [1.82, 2.24) is 25.2 Å². The number of anilines is 3. The predicted octanol–water partition coefficient (Wildman–Crippen LogP) is 3.60. The standard InChI is InChI=1S/C22H23N7O3.CH4/c1-29-27-21(26-28-29)14-4-3-5-16(20(14)32-2)24-17-10-18(25-22(31)13-8-9-13)23-11-15(17)19(30)12-6-7-12;/h3-5,10-13H,6-9H2,1-2H3,(H2,23,24,25,31);1H4. The summed E-state index contributed by atoms with van der Waals surface area (Å²) in [6.45, 7) is 0. The maximum Gasteiger partial charge on any atom is 0.228 e. The highest BCUT2D eigenvalue weighted by Gasteiger charge is 2.33. The Morgan fingerprint density at radius 1 is 1.12 bits per heavy atom. The molecule has 0 saturated heterocycles. The van der Waals surface area contributed by atoms with Crippen molar-refractivity contribution >= 4 is 28.9 Å². The molecule has 0 radical (unpaired) electrons. The molecule has 0 atom stereocenters. The van der Waals surface area contributed by atoms with Crippen LogP contribution in [0.15, 0.2) is 30.5 Å². The highest BCUT2D eigenvalue weighted by atomic mass is 16.5. The molecule has 2 heterocycles. The number of benzene rings is 1. The van der Waals surface area contributed by atoms with Gasteiger partial charge in [-0.05, 0) is 43.0 Å². The molecule has 10 heteroatoms. The van der Waals surface area contributed by atoms with E-state index in [1.165, 1.54) is 11.0 Å². The number of aromatic nitrogens is 5. The smallest absolute Gasteiger partial charge is 0.228 e. The Labute approximate surface area is 191 Å². The van der Waals surface area contributed by atoms with Gasteiger partial charge in [0, 0.05) is 24.1 Å². The second-order valence-corrected chi connectivity index (χ2v) is 8.13. The summed E-state index contributed by atoms with van der Waals surface area (Å²) in [6.07, 6.45) is 5.10. The molecule has 0 unspecified atom stereocenters. The number of hydrogen-bond donors (Lipinski definition) is 2. The van der Waals surface area contributed by atoms with Gasteiger partial charge in [-0.1, -0.05) is 13.5 Å². The van der Waals surface area contributed by atoms with E-state index < -0.39 is 0 Å². The Balaban J connectivity index is 0.00000259. The van der Waals surface area contributed by atoms with Crippen LogP contribution in [0.25, 0.3) is 11.4 Å². The lowest BCUT2D eigenvalue weighted by Gasteiger charge is -2.16. The number of para-hydroxylation sites is 1. The van der Waals surface area contributed by atoms with E-state index in [1.54, 1.807) is 20.2 Å². The van der Waals surface area contributed by atoms with Gasteiger partial charge in [-0.3, -0.25) is 9.59 Å². The van der Waals surface area contributed by atoms with Crippen LogP contribution < -0.4 is 15.4 Å². The summed E-state index contributed by atoms with van der Waals surface area (Å²) >= 11 is 0. The third-order valence-corrected chi connectivity index (χ3v) is 5.55. The first-order valence-electron chi connectivity index (χ1n) is 10.6. The van der Waals surface area contributed by atoms with E-state index in [1.807, 2.05) is 18.2 Å². The van der Waals surface area contributed by atoms with Gasteiger partial charge >= 0.3 is 0 Å². The average Bonchev–Trinajstić information content (AvgIpc) is 3.71. The average molecular weight is 450 g/mol. The fourth-order valence-electron chi connectivity index (χ4n) is 3.53. The largest absolute Gasteiger partial charge is 0.494 e. The van der Waals surface area contributed by atoms with Crippen LogP contribution in [-0.4, -0.2) is 44.0 Å². The molecule has 0 bridgehead atoms. The maximum atomic E-state index is 12.9. The Kier molecular flexibility index (Phi) is 6.08. The Bertz CT molecular complexity index is 1200. The Morgan fingerprint density at radius 2 is 1.88 bits per heavy atom. The summed E-state index contributed by atoms with van der Waals surface area (Å²) in [5.41, 5.74) is 2.34. The molecular formula is C23H27N7O3. The van der Waals surface area contributed by atoms with Crippen LogP contribution in [0.2, 0.25) is 0 Å². The van der Waals surface area contributed by atoms with Crippen molar-refractivity contribution in [3.8, 4) is 17.1 Å². The minimum Gasteiger partial charge on any atom is -0.494 e. The molecule has 2 N–H and O–H groups in total. The second-order valence-electron chi connectivity index (χ2n) is 8.13. The van der Waals surface area contributed by atoms with Gasteiger partial charge in [0.05, 0.1) is 36.7 Å². The number of amides is 1. The zero-order valence-electron chi connectivity index (χ0n) is 17.8. The zero-order valence-corrected chi connectivity index (χ0v) is 17.8. The summed E-state index contributed by atoms with van der Waals surface area (Å²) in [5.74, 6) is 1.44. The molecule has 10 nitrogen and oxygen atoms in total. The molecule has 2 aliphatic carbocycles. The lowest BCUT2D eigenvalue weighted by atomic mass is 10.1. The molecule has 2 saturated carbocycles. The number of nitrogens with zero attached hydrogens (tertiary/aromatic N) is 5. The number of nitrogens with one attached hydrogen (secondary N) is 2. The maximum absolute atomic E-state index is 12.9. The number of tetrazole rings is 1. The van der Waals surface area contributed by atoms with Gasteiger partial charge in [0.25, 0.3) is 0 Å². The van der Waals surface area contributed by atoms with Gasteiger partial charge in [-0.15, -0.1) is 10.2 Å². The van der Waals surface area contributed by atoms with Crippen molar-refractivity contribution in [1.29, 1.82) is 0 Å². The van der Waals surface area contributed by atoms with Crippen molar-refractivity contribution in [2.75, 3.05) is 17.7 Å². The molecule has 2 aromatic heterocycles. The summed E-state index contributed by atoms with van der Waals surface area (Å²) in [6, 6.07) is 7.22. The molecule has 1 aromatic carbocycles. The predicted molar refractivity (Wildman–Crippen MR) is 123 cm³/mol. The van der Waals surface area contributed by atoms with Crippen molar-refractivity contribution in [2.24, 2.45) is 18.9 Å². The summed E-state index contributed by atoms with van der Waals surface area (Å²) in [4.78, 5) is 30.8. The molecule has 3 aromatic rings. The topological polar surface area (TPSA) is 124 Å². The number of methoxy groups -OCH3 is 1. The van der Waals surface area contributed by atoms with Gasteiger partial charge in [0.1, 0.15) is 5.82 Å². The highest BCUT2D eigenvalue weighted by molar-refractivity contribution is 6.05. The Hall–Kier alpha value is -3.82. The third kappa shape index (κ3) is 4.69. The lowest BCUT2D eigenvalue weighted by molar-refractivity contribution is -0.117. The summed E-state index contributed by atoms with van der Waals surface area (Å²) in [5, 5.41) is 18.4. The fourth-order valence-corrected chi connectivity index (χ4v) is 3.53. The minimum atomic E-state index is -0.0435. The molecule has 5 rings (SSSR count). The number of hydrogen-bond acceptors (Lipinski definition) is 8. The zero-order chi connectivity index (χ0) is 22.2. The third-order valence-electron chi connectivity index (χ3n) is 5.55. The van der Waals surface area contributed by atoms with Crippen LogP contribution >= 0.6 is 0 Å². The minimum absolute atomic E-state index is 0. The van der Waals surface area contributed by atoms with Crippen LogP contribution in [0.1, 0.15) is 43.5 Å². The number of Topliss-reactive ketones (excluding diaryl/α,β-unsaturated/α-hetero) is 1. The second kappa shape index (κ2) is 8.97. The number of ether oxygens (including phenoxy) is 1. The number of carbonyl (C=O) groups is 2. The quantitative estimate of drug-likeness (QED) is 0.500. The monoisotopic (exact) mass is 449 g/mol. The number of carbonyl (C=O) groups excluding carboxylic acids is 2. The summed E-state index contributed by atoms with van der Waals surface area (Å²) < 4.78 is 5.66. The molecular weight excluding hydrogens is 422 g/mol. The van der Waals surface area contributed by atoms with Crippen molar-refractivity contribution in [3.05, 3.63) is 36.0 Å². The van der Waals surface area contributed by atoms with Gasteiger partial charge < -0.3 is 15.4 Å². The van der Waals surface area contributed by atoms with E-state index in [-0.39, 0.29) is 31.0 Å². The summed E-state index contributed by atoms with van der Waals surface area (Å²) in [7, 11) is 3.25. The van der Waals surface area contributed by atoms with E-state index >= 15 is 0 Å². The van der Waals surface area contributed by atoms with Crippen LogP contribution in [0.5, 0.6) is 5.75 Å². The number of aryl methyl sites for hydroxylation is 1. The van der Waals surface area contributed by atoms with Crippen molar-refractivity contribution < 1.29 is 14.3 Å². The molecule has 172 valence electrons. The lowest BCUT2D eigenvalue weighted by Crippen LogP contribution is -2.15. The van der Waals surface area contributed by atoms with Crippen molar-refractivity contribution in [2.45, 2.75) is 33.1 Å². The van der Waals surface area contributed by atoms with Gasteiger partial charge in [0.2, 0.25) is 11.7 Å². The molecule has 1 amide bonds. The van der Waals surface area contributed by atoms with Crippen LogP contribution in [0.3, 0.4) is 0 Å². The van der Waals surface area contributed by atoms with Crippen molar-refractivity contribution in [3.63, 3.8) is 0 Å². The van der Waals surface area contributed by atoms with E-state index in [0.29, 0.717) is 39.9 Å². The molecule has 0 spiro atoms. The van der Waals surface area contributed by atoms with Crippen LogP contribution in [-0.2, 0) is 11.8 Å². The van der Waals surface area contributed by atoms with E-state index in [2.05, 4.69) is 31.0 Å². The van der Waals surface area contributed by atoms with E-state index in [0.717, 1.165) is 25.7 Å². The normalized spacial score (nSPS) is 14.8. The van der Waals surface area contributed by atoms with E-state index in [9.17, 15) is 9.59 Å². The first kappa shape index (κ1) is 22.4. The highest BCUT2D eigenvalue weighted by Crippen LogP contribution is 2.39. The molecule has 2 fully saturated rings. The van der Waals surface area contributed by atoms with E-state index in [4.69, 9.17) is 4.74 Å². The fraction of sp³-hybridized carbons (Fsp3) is 0.391. The van der Waals surface area contributed by atoms with Crippen LogP contribution in [0.4, 0.5) is 17.2 Å². The first-order chi connectivity index (χ1) is 15.5. The van der Waals surface area contributed by atoms with Gasteiger partial charge in [0.15, 0.2) is 11.5 Å². The Morgan fingerprint density at radius 3 is 2.52 bits per heavy atom. The molecule has 2 aliphatic rings. The molecule has 0 aliphatic heterocycles. The van der Waals surface area contributed by atoms with Gasteiger partial charge in [-0.2, -0.15) is 4.80 Å². The van der Waals surface area contributed by atoms with Crippen LogP contribution in [0, 0.1) is 11.8 Å². The first-order valence-corrected chi connectivity index (χ1v) is 10.6. The number of pyridine rings is 1.